The third-order valence-electron chi connectivity index (χ3n) is 3.00. The Morgan fingerprint density at radius 2 is 1.95 bits per heavy atom. The molecule has 0 atom stereocenters. The van der Waals surface area contributed by atoms with Crippen molar-refractivity contribution in [3.8, 4) is 18.2 Å². The normalized spacial score (nSPS) is 10.3. The van der Waals surface area contributed by atoms with Gasteiger partial charge in [-0.05, 0) is 41.4 Å². The summed E-state index contributed by atoms with van der Waals surface area (Å²) in [4.78, 5) is 28.7. The number of nitrogens with zero attached hydrogens (tertiary/aromatic N) is 3. The molecule has 0 unspecified atom stereocenters. The molecule has 0 bridgehead atoms. The zero-order valence-electron chi connectivity index (χ0n) is 11.3. The highest BCUT2D eigenvalue weighted by molar-refractivity contribution is 9.10. The Morgan fingerprint density at radius 3 is 2.55 bits per heavy atom. The molecule has 0 radical (unpaired) electrons. The number of hydrogen-bond donors (Lipinski definition) is 0. The highest BCUT2D eigenvalue weighted by Crippen LogP contribution is 2.18. The first-order chi connectivity index (χ1) is 9.36. The maximum Gasteiger partial charge on any atom is 0.337 e. The Kier molecular flexibility index (Phi) is 3.64. The van der Waals surface area contributed by atoms with Crippen LogP contribution < -0.4 is 11.2 Å². The highest BCUT2D eigenvalue weighted by Gasteiger charge is 2.14. The van der Waals surface area contributed by atoms with Gasteiger partial charge in [-0.2, -0.15) is 0 Å². The van der Waals surface area contributed by atoms with Crippen LogP contribution in [0.15, 0.2) is 26.2 Å². The van der Waals surface area contributed by atoms with E-state index in [1.165, 1.54) is 17.7 Å². The molecule has 2 aromatic rings. The fourth-order valence-electron chi connectivity index (χ4n) is 1.84. The Morgan fingerprint density at radius 1 is 1.30 bits per heavy atom. The van der Waals surface area contributed by atoms with Crippen molar-refractivity contribution in [3.05, 3.63) is 54.4 Å². The third kappa shape index (κ3) is 2.21. The molecule has 0 aliphatic rings. The quantitative estimate of drug-likeness (QED) is 0.739. The van der Waals surface area contributed by atoms with E-state index in [1.807, 2.05) is 6.07 Å². The summed E-state index contributed by atoms with van der Waals surface area (Å²) in [5.41, 5.74) is 0.652. The lowest BCUT2D eigenvalue weighted by Crippen LogP contribution is -2.39. The van der Waals surface area contributed by atoms with E-state index in [1.54, 1.807) is 13.8 Å². The summed E-state index contributed by atoms with van der Waals surface area (Å²) in [6.07, 6.45) is 5.27. The largest absolute Gasteiger partial charge is 0.337 e. The molecular formula is C14H12BrN3O2. The summed E-state index contributed by atoms with van der Waals surface area (Å²) in [5, 5.41) is 0. The molecule has 0 spiro atoms. The topological polar surface area (TPSA) is 56.9 Å². The van der Waals surface area contributed by atoms with E-state index in [-0.39, 0.29) is 5.69 Å². The predicted molar refractivity (Wildman–Crippen MR) is 80.2 cm³/mol. The van der Waals surface area contributed by atoms with Gasteiger partial charge in [0.15, 0.2) is 0 Å². The molecule has 2 heterocycles. The van der Waals surface area contributed by atoms with E-state index in [4.69, 9.17) is 6.42 Å². The first kappa shape index (κ1) is 14.3. The lowest BCUT2D eigenvalue weighted by atomic mass is 10.2. The van der Waals surface area contributed by atoms with E-state index < -0.39 is 11.2 Å². The van der Waals surface area contributed by atoms with Crippen molar-refractivity contribution in [1.29, 1.82) is 0 Å². The molecule has 0 aliphatic carbocycles. The van der Waals surface area contributed by atoms with Crippen LogP contribution in [0.5, 0.6) is 0 Å². The van der Waals surface area contributed by atoms with Crippen LogP contribution in [0.1, 0.15) is 17.0 Å². The second kappa shape index (κ2) is 5.10. The first-order valence-electron chi connectivity index (χ1n) is 5.80. The molecule has 0 N–H and O–H groups in total. The maximum atomic E-state index is 12.3. The monoisotopic (exact) mass is 333 g/mol. The van der Waals surface area contributed by atoms with Gasteiger partial charge in [0.05, 0.1) is 5.69 Å². The van der Waals surface area contributed by atoms with E-state index in [2.05, 4.69) is 26.8 Å². The van der Waals surface area contributed by atoms with Crippen LogP contribution in [0.4, 0.5) is 0 Å². The lowest BCUT2D eigenvalue weighted by Gasteiger charge is -2.11. The molecule has 0 fully saturated rings. The van der Waals surface area contributed by atoms with Gasteiger partial charge in [0, 0.05) is 17.6 Å². The average molecular weight is 334 g/mol. The summed E-state index contributed by atoms with van der Waals surface area (Å²) < 4.78 is 3.10. The van der Waals surface area contributed by atoms with Gasteiger partial charge in [0.25, 0.3) is 5.56 Å². The van der Waals surface area contributed by atoms with Gasteiger partial charge in [-0.1, -0.05) is 5.92 Å². The fraction of sp³-hybridized carbons (Fsp3) is 0.214. The number of hydrogen-bond acceptors (Lipinski definition) is 3. The number of rotatable bonds is 1. The van der Waals surface area contributed by atoms with Crippen LogP contribution >= 0.6 is 15.9 Å². The maximum absolute atomic E-state index is 12.3. The summed E-state index contributed by atoms with van der Waals surface area (Å²) in [6.45, 7) is 3.58. The smallest absolute Gasteiger partial charge is 0.289 e. The van der Waals surface area contributed by atoms with E-state index >= 15 is 0 Å². The van der Waals surface area contributed by atoms with Gasteiger partial charge in [-0.15, -0.1) is 6.42 Å². The number of terminal acetylenes is 1. The zero-order chi connectivity index (χ0) is 15.0. The number of aryl methyl sites for hydroxylation is 2. The summed E-state index contributed by atoms with van der Waals surface area (Å²) in [6, 6.07) is 3.07. The number of aromatic nitrogens is 3. The average Bonchev–Trinajstić information content (AvgIpc) is 2.39. The molecular weight excluding hydrogens is 322 g/mol. The van der Waals surface area contributed by atoms with Gasteiger partial charge in [-0.25, -0.2) is 14.3 Å². The second-order valence-electron chi connectivity index (χ2n) is 4.39. The third-order valence-corrected chi connectivity index (χ3v) is 3.80. The van der Waals surface area contributed by atoms with Crippen LogP contribution in [-0.2, 0) is 7.05 Å². The van der Waals surface area contributed by atoms with Crippen LogP contribution in [-0.4, -0.2) is 14.1 Å². The molecule has 0 aliphatic heterocycles. The minimum atomic E-state index is -0.511. The molecule has 0 amide bonds. The molecule has 0 saturated heterocycles. The van der Waals surface area contributed by atoms with Crippen molar-refractivity contribution in [2.45, 2.75) is 13.8 Å². The number of halogens is 1. The Hall–Kier alpha value is -2.13. The minimum absolute atomic E-state index is 0.239. The van der Waals surface area contributed by atoms with Gasteiger partial charge in [0.2, 0.25) is 0 Å². The molecule has 20 heavy (non-hydrogen) atoms. The van der Waals surface area contributed by atoms with Gasteiger partial charge < -0.3 is 0 Å². The van der Waals surface area contributed by atoms with E-state index in [9.17, 15) is 9.59 Å². The molecule has 0 aromatic carbocycles. The number of pyridine rings is 1. The van der Waals surface area contributed by atoms with Crippen molar-refractivity contribution in [2.75, 3.05) is 0 Å². The van der Waals surface area contributed by atoms with Crippen molar-refractivity contribution in [1.82, 2.24) is 14.1 Å². The molecule has 5 nitrogen and oxygen atoms in total. The van der Waals surface area contributed by atoms with Gasteiger partial charge in [-0.3, -0.25) is 9.36 Å². The molecule has 6 heteroatoms. The minimum Gasteiger partial charge on any atom is -0.289 e. The standard InChI is InChI=1S/C14H12BrN3O2/c1-5-10-7-12(19)18(14(20)17(10)4)13-8(2)6-11(15)9(3)16-13/h1,6-7H,2-4H3. The summed E-state index contributed by atoms with van der Waals surface area (Å²) >= 11 is 3.37. The van der Waals surface area contributed by atoms with E-state index in [0.29, 0.717) is 11.5 Å². The molecule has 2 aromatic heterocycles. The fourth-order valence-corrected chi connectivity index (χ4v) is 2.28. The van der Waals surface area contributed by atoms with Crippen LogP contribution in [0.25, 0.3) is 5.82 Å². The van der Waals surface area contributed by atoms with Crippen LogP contribution in [0.3, 0.4) is 0 Å². The van der Waals surface area contributed by atoms with Crippen molar-refractivity contribution in [2.24, 2.45) is 7.05 Å². The van der Waals surface area contributed by atoms with Crippen LogP contribution in [0, 0.1) is 26.2 Å². The van der Waals surface area contributed by atoms with Crippen molar-refractivity contribution < 1.29 is 0 Å². The predicted octanol–water partition coefficient (Wildman–Crippen LogP) is 1.29. The summed E-state index contributed by atoms with van der Waals surface area (Å²) in [5.74, 6) is 2.63. The van der Waals surface area contributed by atoms with Crippen LogP contribution in [0.2, 0.25) is 0 Å². The zero-order valence-corrected chi connectivity index (χ0v) is 12.9. The van der Waals surface area contributed by atoms with E-state index in [0.717, 1.165) is 14.6 Å². The van der Waals surface area contributed by atoms with Crippen molar-refractivity contribution >= 4 is 15.9 Å². The Balaban J connectivity index is 2.89. The lowest BCUT2D eigenvalue weighted by molar-refractivity contribution is 0.715. The summed E-state index contributed by atoms with van der Waals surface area (Å²) in [7, 11) is 1.52. The van der Waals surface area contributed by atoms with Gasteiger partial charge in [0.1, 0.15) is 11.5 Å². The second-order valence-corrected chi connectivity index (χ2v) is 5.24. The molecule has 102 valence electrons. The van der Waals surface area contributed by atoms with Gasteiger partial charge >= 0.3 is 5.69 Å². The highest BCUT2D eigenvalue weighted by atomic mass is 79.9. The van der Waals surface area contributed by atoms with Crippen molar-refractivity contribution in [3.63, 3.8) is 0 Å². The molecule has 2 rings (SSSR count). The SMILES string of the molecule is C#Cc1cc(=O)n(-c2nc(C)c(Br)cc2C)c(=O)n1C. The first-order valence-corrected chi connectivity index (χ1v) is 6.60. The Labute approximate surface area is 124 Å². The Bertz CT molecular complexity index is 856. The molecule has 0 saturated carbocycles.